The van der Waals surface area contributed by atoms with Gasteiger partial charge >= 0.3 is 6.03 Å². The molecule has 2 fully saturated rings. The number of likely N-dealkylation sites (tertiary alicyclic amines) is 2. The molecular weight excluding hydrogens is 475 g/mol. The number of H-pyrrole nitrogens is 1. The Morgan fingerprint density at radius 1 is 0.917 bits per heavy atom. The largest absolute Gasteiger partial charge is 0.356 e. The molecule has 0 unspecified atom stereocenters. The van der Waals surface area contributed by atoms with Crippen molar-refractivity contribution in [1.82, 2.24) is 19.7 Å². The van der Waals surface area contributed by atoms with Gasteiger partial charge in [-0.3, -0.25) is 4.79 Å². The van der Waals surface area contributed by atoms with E-state index >= 15 is 0 Å². The van der Waals surface area contributed by atoms with Gasteiger partial charge in [0.2, 0.25) is 5.91 Å². The second kappa shape index (κ2) is 9.88. The van der Waals surface area contributed by atoms with E-state index in [1.165, 1.54) is 6.07 Å². The highest BCUT2D eigenvalue weighted by atomic mass is 32.1. The Bertz CT molecular complexity index is 1240. The second-order valence-corrected chi connectivity index (χ2v) is 11.5. The van der Waals surface area contributed by atoms with Gasteiger partial charge in [0.25, 0.3) is 0 Å². The summed E-state index contributed by atoms with van der Waals surface area (Å²) in [5, 5.41) is 2.92. The number of carbonyl (C=O) groups excluding carboxylic acids is 2. The summed E-state index contributed by atoms with van der Waals surface area (Å²) >= 11 is 1.65. The lowest BCUT2D eigenvalue weighted by Gasteiger charge is -2.41. The molecule has 0 saturated carbocycles. The van der Waals surface area contributed by atoms with Crippen molar-refractivity contribution < 1.29 is 14.0 Å². The Hall–Kier alpha value is -2.87. The summed E-state index contributed by atoms with van der Waals surface area (Å²) in [5.41, 5.74) is 2.66. The number of urea groups is 1. The quantitative estimate of drug-likeness (QED) is 0.539. The van der Waals surface area contributed by atoms with Crippen molar-refractivity contribution in [2.75, 3.05) is 32.7 Å². The van der Waals surface area contributed by atoms with E-state index in [9.17, 15) is 14.0 Å². The van der Waals surface area contributed by atoms with Crippen molar-refractivity contribution in [2.45, 2.75) is 45.1 Å². The zero-order valence-electron chi connectivity index (χ0n) is 20.5. The SMILES string of the molecule is O=C(Cc1cccs1)N1CCC(C2CCN(C(=O)N3CCc4[nH]c5c(F)cccc5c4C3)CC2)CC1. The molecule has 0 spiro atoms. The van der Waals surface area contributed by atoms with E-state index in [-0.39, 0.29) is 17.8 Å². The minimum absolute atomic E-state index is 0.110. The second-order valence-electron chi connectivity index (χ2n) is 10.5. The Balaban J connectivity index is 1.00. The summed E-state index contributed by atoms with van der Waals surface area (Å²) in [5.74, 6) is 1.29. The van der Waals surface area contributed by atoms with Gasteiger partial charge < -0.3 is 19.7 Å². The molecule has 36 heavy (non-hydrogen) atoms. The lowest BCUT2D eigenvalue weighted by atomic mass is 9.79. The minimum Gasteiger partial charge on any atom is -0.356 e. The molecule has 3 aliphatic heterocycles. The van der Waals surface area contributed by atoms with Crippen LogP contribution in [-0.4, -0.2) is 64.3 Å². The lowest BCUT2D eigenvalue weighted by molar-refractivity contribution is -0.132. The fourth-order valence-electron chi connectivity index (χ4n) is 6.42. The topological polar surface area (TPSA) is 59.7 Å². The number of piperidine rings is 2. The predicted molar refractivity (Wildman–Crippen MR) is 139 cm³/mol. The Morgan fingerprint density at radius 3 is 2.33 bits per heavy atom. The van der Waals surface area contributed by atoms with E-state index in [0.717, 1.165) is 79.8 Å². The number of hydrogen-bond donors (Lipinski definition) is 1. The van der Waals surface area contributed by atoms with Crippen LogP contribution in [0.2, 0.25) is 0 Å². The first-order chi connectivity index (χ1) is 17.6. The number of benzene rings is 1. The highest BCUT2D eigenvalue weighted by Crippen LogP contribution is 2.34. The summed E-state index contributed by atoms with van der Waals surface area (Å²) in [6.45, 7) is 4.51. The normalized spacial score (nSPS) is 19.6. The molecule has 0 aliphatic carbocycles. The lowest BCUT2D eigenvalue weighted by Crippen LogP contribution is -2.49. The monoisotopic (exact) mass is 508 g/mol. The zero-order chi connectivity index (χ0) is 24.6. The summed E-state index contributed by atoms with van der Waals surface area (Å²) in [4.78, 5) is 36.3. The third kappa shape index (κ3) is 4.51. The maximum Gasteiger partial charge on any atom is 0.320 e. The maximum atomic E-state index is 14.2. The number of thiophene rings is 1. The average Bonchev–Trinajstić information content (AvgIpc) is 3.56. The molecule has 3 amide bonds. The van der Waals surface area contributed by atoms with Crippen LogP contribution >= 0.6 is 11.3 Å². The van der Waals surface area contributed by atoms with Crippen molar-refractivity contribution in [3.63, 3.8) is 0 Å². The number of para-hydroxylation sites is 1. The highest BCUT2D eigenvalue weighted by molar-refractivity contribution is 7.10. The molecule has 3 aliphatic rings. The Kier molecular flexibility index (Phi) is 6.46. The molecule has 0 radical (unpaired) electrons. The highest BCUT2D eigenvalue weighted by Gasteiger charge is 2.34. The molecule has 1 aromatic carbocycles. The molecule has 1 N–H and O–H groups in total. The van der Waals surface area contributed by atoms with E-state index in [1.807, 2.05) is 38.3 Å². The first-order valence-electron chi connectivity index (χ1n) is 13.2. The van der Waals surface area contributed by atoms with Crippen LogP contribution in [0.15, 0.2) is 35.7 Å². The van der Waals surface area contributed by atoms with Crippen LogP contribution in [0.3, 0.4) is 0 Å². The fourth-order valence-corrected chi connectivity index (χ4v) is 7.12. The third-order valence-corrected chi connectivity index (χ3v) is 9.38. The number of rotatable bonds is 3. The van der Waals surface area contributed by atoms with Gasteiger partial charge in [-0.1, -0.05) is 18.2 Å². The summed E-state index contributed by atoms with van der Waals surface area (Å²) < 4.78 is 14.2. The molecule has 6 nitrogen and oxygen atoms in total. The van der Waals surface area contributed by atoms with Crippen LogP contribution in [-0.2, 0) is 24.2 Å². The molecule has 2 aromatic heterocycles. The third-order valence-electron chi connectivity index (χ3n) is 8.50. The van der Waals surface area contributed by atoms with E-state index in [1.54, 1.807) is 17.4 Å². The van der Waals surface area contributed by atoms with Gasteiger partial charge in [-0.05, 0) is 55.0 Å². The summed E-state index contributed by atoms with van der Waals surface area (Å²) in [6.07, 6.45) is 5.47. The molecule has 8 heteroatoms. The van der Waals surface area contributed by atoms with Gasteiger partial charge in [0.1, 0.15) is 5.82 Å². The van der Waals surface area contributed by atoms with Gasteiger partial charge in [-0.2, -0.15) is 0 Å². The van der Waals surface area contributed by atoms with Gasteiger partial charge in [0.15, 0.2) is 0 Å². The van der Waals surface area contributed by atoms with Crippen molar-refractivity contribution >= 4 is 34.2 Å². The van der Waals surface area contributed by atoms with Gasteiger partial charge in [-0.15, -0.1) is 11.3 Å². The number of fused-ring (bicyclic) bond motifs is 3. The molecule has 3 aromatic rings. The van der Waals surface area contributed by atoms with Crippen LogP contribution < -0.4 is 0 Å². The number of carbonyl (C=O) groups is 2. The van der Waals surface area contributed by atoms with E-state index < -0.39 is 0 Å². The number of halogens is 1. The zero-order valence-corrected chi connectivity index (χ0v) is 21.4. The summed E-state index contributed by atoms with van der Waals surface area (Å²) in [6, 6.07) is 9.30. The smallest absolute Gasteiger partial charge is 0.320 e. The van der Waals surface area contributed by atoms with Crippen LogP contribution in [0.25, 0.3) is 10.9 Å². The number of aromatic nitrogens is 1. The van der Waals surface area contributed by atoms with Crippen LogP contribution in [0, 0.1) is 17.7 Å². The molecule has 0 atom stereocenters. The maximum absolute atomic E-state index is 14.2. The Morgan fingerprint density at radius 2 is 1.64 bits per heavy atom. The number of nitrogens with one attached hydrogen (secondary N) is 1. The van der Waals surface area contributed by atoms with E-state index in [0.29, 0.717) is 36.9 Å². The van der Waals surface area contributed by atoms with E-state index in [4.69, 9.17) is 0 Å². The van der Waals surface area contributed by atoms with Crippen LogP contribution in [0.1, 0.15) is 41.8 Å². The fraction of sp³-hybridized carbons (Fsp3) is 0.500. The molecule has 0 bridgehead atoms. The minimum atomic E-state index is -0.237. The standard InChI is InChI=1S/C28H33FN4O2S/c29-24-5-1-4-22-23-18-33(15-10-25(23)30-27(22)24)28(35)32-13-8-20(9-14-32)19-6-11-31(12-7-19)26(34)17-21-3-2-16-36-21/h1-5,16,19-20,30H,6-15,17-18H2. The number of aromatic amines is 1. The van der Waals surface area contributed by atoms with Crippen molar-refractivity contribution in [3.05, 3.63) is 57.7 Å². The predicted octanol–water partition coefficient (Wildman–Crippen LogP) is 5.04. The van der Waals surface area contributed by atoms with Crippen LogP contribution in [0.4, 0.5) is 9.18 Å². The molecule has 5 heterocycles. The van der Waals surface area contributed by atoms with E-state index in [2.05, 4.69) is 4.98 Å². The molecule has 6 rings (SSSR count). The van der Waals surface area contributed by atoms with Gasteiger partial charge in [-0.25, -0.2) is 9.18 Å². The van der Waals surface area contributed by atoms with Gasteiger partial charge in [0, 0.05) is 67.2 Å². The number of amides is 3. The first kappa shape index (κ1) is 23.5. The Labute approximate surface area is 215 Å². The first-order valence-corrected chi connectivity index (χ1v) is 14.1. The number of nitrogens with zero attached hydrogens (tertiary/aromatic N) is 3. The van der Waals surface area contributed by atoms with Crippen molar-refractivity contribution in [3.8, 4) is 0 Å². The molecular formula is C28H33FN4O2S. The molecule has 190 valence electrons. The molecule has 2 saturated heterocycles. The average molecular weight is 509 g/mol. The number of hydrogen-bond acceptors (Lipinski definition) is 3. The van der Waals surface area contributed by atoms with Crippen molar-refractivity contribution in [2.24, 2.45) is 11.8 Å². The summed E-state index contributed by atoms with van der Waals surface area (Å²) in [7, 11) is 0. The van der Waals surface area contributed by atoms with Crippen LogP contribution in [0.5, 0.6) is 0 Å². The van der Waals surface area contributed by atoms with Crippen molar-refractivity contribution in [1.29, 1.82) is 0 Å². The van der Waals surface area contributed by atoms with Gasteiger partial charge in [0.05, 0.1) is 11.9 Å².